The molecule has 18 heavy (non-hydrogen) atoms. The number of aryl methyl sites for hydroxylation is 1. The minimum absolute atomic E-state index is 0.259. The lowest BCUT2D eigenvalue weighted by Gasteiger charge is -2.34. The average molecular weight is 269 g/mol. The topological polar surface area (TPSA) is 27.0 Å². The zero-order valence-corrected chi connectivity index (χ0v) is 12.1. The van der Waals surface area contributed by atoms with E-state index in [1.54, 1.807) is 13.0 Å². The Labute approximate surface area is 113 Å². The molecule has 0 aliphatic carbocycles. The average Bonchev–Trinajstić information content (AvgIpc) is 2.25. The Hall–Kier alpha value is -1.11. The van der Waals surface area contributed by atoms with E-state index in [1.807, 2.05) is 32.8 Å². The van der Waals surface area contributed by atoms with Gasteiger partial charge in [0.25, 0.3) is 0 Å². The van der Waals surface area contributed by atoms with Gasteiger partial charge in [-0.2, -0.15) is 5.26 Å². The molecule has 0 fully saturated rings. The maximum atomic E-state index is 13.7. The summed E-state index contributed by atoms with van der Waals surface area (Å²) in [6.45, 7) is 5.32. The van der Waals surface area contributed by atoms with E-state index in [2.05, 4.69) is 6.07 Å². The predicted molar refractivity (Wildman–Crippen MR) is 72.0 cm³/mol. The molecule has 0 saturated heterocycles. The van der Waals surface area contributed by atoms with Crippen LogP contribution < -0.4 is 0 Å². The second-order valence-electron chi connectivity index (χ2n) is 5.32. The summed E-state index contributed by atoms with van der Waals surface area (Å²) in [6.07, 6.45) is 0. The van der Waals surface area contributed by atoms with Crippen molar-refractivity contribution in [3.63, 3.8) is 0 Å². The Kier molecular flexibility index (Phi) is 4.37. The first-order valence-electron chi connectivity index (χ1n) is 5.74. The highest BCUT2D eigenvalue weighted by Gasteiger charge is 2.34. The lowest BCUT2D eigenvalue weighted by Crippen LogP contribution is -2.33. The van der Waals surface area contributed by atoms with E-state index in [4.69, 9.17) is 11.6 Å². The molecule has 0 N–H and O–H groups in total. The molecule has 0 aliphatic rings. The van der Waals surface area contributed by atoms with Crippen LogP contribution in [-0.2, 0) is 0 Å². The third kappa shape index (κ3) is 2.82. The number of rotatable bonds is 3. The molecule has 1 atom stereocenters. The van der Waals surface area contributed by atoms with Crippen molar-refractivity contribution < 1.29 is 4.39 Å². The molecule has 0 aromatic heterocycles. The fourth-order valence-electron chi connectivity index (χ4n) is 2.24. The van der Waals surface area contributed by atoms with Crippen LogP contribution in [0.3, 0.4) is 0 Å². The molecule has 1 rings (SSSR count). The maximum Gasteiger partial charge on any atom is 0.126 e. The fraction of sp³-hybridized carbons (Fsp3) is 0.500. The first kappa shape index (κ1) is 14.9. The van der Waals surface area contributed by atoms with Crippen LogP contribution >= 0.6 is 11.6 Å². The molecule has 0 amide bonds. The van der Waals surface area contributed by atoms with Gasteiger partial charge in [0.2, 0.25) is 0 Å². The van der Waals surface area contributed by atoms with Crippen molar-refractivity contribution in [2.75, 3.05) is 14.1 Å². The Balaban J connectivity index is 3.41. The summed E-state index contributed by atoms with van der Waals surface area (Å²) in [5.74, 6) is -0.296. The molecule has 0 bridgehead atoms. The molecule has 0 aliphatic heterocycles. The van der Waals surface area contributed by atoms with Gasteiger partial charge in [-0.25, -0.2) is 4.39 Å². The molecule has 2 nitrogen and oxygen atoms in total. The number of nitriles is 1. The smallest absolute Gasteiger partial charge is 0.126 e. The van der Waals surface area contributed by atoms with E-state index in [0.29, 0.717) is 16.1 Å². The van der Waals surface area contributed by atoms with Crippen LogP contribution in [0.4, 0.5) is 4.39 Å². The quantitative estimate of drug-likeness (QED) is 0.830. The zero-order chi connectivity index (χ0) is 14.1. The summed E-state index contributed by atoms with van der Waals surface area (Å²) < 4.78 is 13.7. The Bertz CT molecular complexity index is 489. The number of halogens is 2. The molecule has 4 heteroatoms. The van der Waals surface area contributed by atoms with E-state index >= 15 is 0 Å². The predicted octanol–water partition coefficient (Wildman–Crippen LogP) is 3.94. The van der Waals surface area contributed by atoms with E-state index < -0.39 is 5.41 Å². The van der Waals surface area contributed by atoms with Gasteiger partial charge in [0.1, 0.15) is 5.82 Å². The number of hydrogen-bond donors (Lipinski definition) is 0. The van der Waals surface area contributed by atoms with E-state index in [1.165, 1.54) is 6.07 Å². The van der Waals surface area contributed by atoms with Crippen LogP contribution in [0.2, 0.25) is 5.02 Å². The molecule has 0 saturated carbocycles. The van der Waals surface area contributed by atoms with Gasteiger partial charge < -0.3 is 4.90 Å². The number of benzene rings is 1. The van der Waals surface area contributed by atoms with Crippen LogP contribution in [0.5, 0.6) is 0 Å². The van der Waals surface area contributed by atoms with Crippen molar-refractivity contribution >= 4 is 11.6 Å². The van der Waals surface area contributed by atoms with Crippen LogP contribution in [0.15, 0.2) is 12.1 Å². The minimum Gasteiger partial charge on any atom is -0.301 e. The largest absolute Gasteiger partial charge is 0.301 e. The molecular weight excluding hydrogens is 251 g/mol. The summed E-state index contributed by atoms with van der Waals surface area (Å²) in [4.78, 5) is 1.89. The van der Waals surface area contributed by atoms with E-state index in [0.717, 1.165) is 0 Å². The Morgan fingerprint density at radius 2 is 1.94 bits per heavy atom. The van der Waals surface area contributed by atoms with Crippen molar-refractivity contribution in [3.8, 4) is 6.07 Å². The lowest BCUT2D eigenvalue weighted by molar-refractivity contribution is 0.185. The Morgan fingerprint density at radius 3 is 2.39 bits per heavy atom. The third-order valence-corrected chi connectivity index (χ3v) is 3.39. The van der Waals surface area contributed by atoms with Crippen molar-refractivity contribution in [2.24, 2.45) is 5.41 Å². The van der Waals surface area contributed by atoms with Gasteiger partial charge in [0, 0.05) is 5.02 Å². The molecule has 1 unspecified atom stereocenters. The summed E-state index contributed by atoms with van der Waals surface area (Å²) >= 11 is 6.20. The van der Waals surface area contributed by atoms with E-state index in [-0.39, 0.29) is 11.9 Å². The molecule has 98 valence electrons. The summed E-state index contributed by atoms with van der Waals surface area (Å²) in [5, 5.41) is 9.77. The maximum absolute atomic E-state index is 13.7. The molecule has 0 spiro atoms. The number of nitrogens with zero attached hydrogens (tertiary/aromatic N) is 2. The van der Waals surface area contributed by atoms with Crippen molar-refractivity contribution in [2.45, 2.75) is 26.8 Å². The van der Waals surface area contributed by atoms with Gasteiger partial charge in [-0.15, -0.1) is 0 Å². The highest BCUT2D eigenvalue weighted by Crippen LogP contribution is 2.40. The minimum atomic E-state index is -0.658. The zero-order valence-electron chi connectivity index (χ0n) is 11.4. The summed E-state index contributed by atoms with van der Waals surface area (Å²) in [7, 11) is 3.72. The van der Waals surface area contributed by atoms with Gasteiger partial charge in [-0.05, 0) is 58.1 Å². The molecular formula is C14H18ClFN2. The summed E-state index contributed by atoms with van der Waals surface area (Å²) in [5.41, 5.74) is 0.502. The second kappa shape index (κ2) is 5.26. The van der Waals surface area contributed by atoms with Gasteiger partial charge in [0.15, 0.2) is 0 Å². The highest BCUT2D eigenvalue weighted by atomic mass is 35.5. The second-order valence-corrected chi connectivity index (χ2v) is 5.73. The first-order valence-corrected chi connectivity index (χ1v) is 6.11. The van der Waals surface area contributed by atoms with Crippen LogP contribution in [0, 0.1) is 29.5 Å². The highest BCUT2D eigenvalue weighted by molar-refractivity contribution is 6.31. The fourth-order valence-corrected chi connectivity index (χ4v) is 2.57. The molecule has 1 aromatic carbocycles. The standard InChI is InChI=1S/C14H18ClFN2/c1-9-6-11(15)10(7-12(9)16)13(18(4)5)14(2,3)8-17/h6-7,13H,1-5H3. The van der Waals surface area contributed by atoms with Crippen molar-refractivity contribution in [3.05, 3.63) is 34.1 Å². The van der Waals surface area contributed by atoms with Gasteiger partial charge in [0.05, 0.1) is 17.5 Å². The van der Waals surface area contributed by atoms with Crippen molar-refractivity contribution in [1.29, 1.82) is 5.26 Å². The van der Waals surface area contributed by atoms with Crippen molar-refractivity contribution in [1.82, 2.24) is 4.90 Å². The monoisotopic (exact) mass is 268 g/mol. The van der Waals surface area contributed by atoms with Gasteiger partial charge in [-0.3, -0.25) is 0 Å². The molecule has 0 heterocycles. The number of hydrogen-bond acceptors (Lipinski definition) is 2. The van der Waals surface area contributed by atoms with E-state index in [9.17, 15) is 9.65 Å². The SMILES string of the molecule is Cc1cc(Cl)c(C(N(C)C)C(C)(C)C#N)cc1F. The van der Waals surface area contributed by atoms with Crippen LogP contribution in [0.1, 0.15) is 31.0 Å². The van der Waals surface area contributed by atoms with Crippen LogP contribution in [0.25, 0.3) is 0 Å². The summed E-state index contributed by atoms with van der Waals surface area (Å²) in [6, 6.07) is 5.04. The first-order chi connectivity index (χ1) is 8.20. The van der Waals surface area contributed by atoms with Gasteiger partial charge >= 0.3 is 0 Å². The lowest BCUT2D eigenvalue weighted by atomic mass is 9.81. The third-order valence-electron chi connectivity index (χ3n) is 3.06. The molecule has 1 aromatic rings. The molecule has 0 radical (unpaired) electrons. The normalized spacial score (nSPS) is 13.5. The Morgan fingerprint density at radius 1 is 1.39 bits per heavy atom. The van der Waals surface area contributed by atoms with Gasteiger partial charge in [-0.1, -0.05) is 11.6 Å². The van der Waals surface area contributed by atoms with Crippen LogP contribution in [-0.4, -0.2) is 19.0 Å².